The van der Waals surface area contributed by atoms with E-state index in [2.05, 4.69) is 4.98 Å². The Bertz CT molecular complexity index is 803. The predicted octanol–water partition coefficient (Wildman–Crippen LogP) is 0.864. The van der Waals surface area contributed by atoms with Gasteiger partial charge >= 0.3 is 0 Å². The molecule has 2 heterocycles. The van der Waals surface area contributed by atoms with E-state index in [4.69, 9.17) is 0 Å². The molecule has 0 radical (unpaired) electrons. The number of carbonyl (C=O) groups excluding carboxylic acids is 2. The number of pyridine rings is 2. The molecule has 3 rings (SSSR count). The number of nitrogens with zero attached hydrogens (tertiary/aromatic N) is 2. The zero-order valence-electron chi connectivity index (χ0n) is 10.4. The van der Waals surface area contributed by atoms with E-state index in [0.717, 1.165) is 0 Å². The van der Waals surface area contributed by atoms with E-state index in [1.165, 1.54) is 23.0 Å². The first-order chi connectivity index (χ1) is 9.02. The van der Waals surface area contributed by atoms with Crippen molar-refractivity contribution >= 4 is 11.6 Å². The lowest BCUT2D eigenvalue weighted by Gasteiger charge is -2.19. The van der Waals surface area contributed by atoms with Crippen LogP contribution in [0.2, 0.25) is 0 Å². The third-order valence-electron chi connectivity index (χ3n) is 3.33. The number of aryl methyl sites for hydroxylation is 2. The van der Waals surface area contributed by atoms with Gasteiger partial charge in [-0.15, -0.1) is 0 Å². The lowest BCUT2D eigenvalue weighted by molar-refractivity contribution is 0.0966. The Morgan fingerprint density at radius 2 is 1.79 bits per heavy atom. The van der Waals surface area contributed by atoms with E-state index in [1.807, 2.05) is 0 Å². The molecule has 1 aliphatic carbocycles. The molecule has 2 aromatic heterocycles. The third kappa shape index (κ3) is 1.41. The molecule has 5 heteroatoms. The molecule has 0 saturated heterocycles. The summed E-state index contributed by atoms with van der Waals surface area (Å²) in [4.78, 5) is 40.7. The van der Waals surface area contributed by atoms with Crippen LogP contribution < -0.4 is 5.43 Å². The molecule has 0 aliphatic heterocycles. The zero-order chi connectivity index (χ0) is 13.7. The summed E-state index contributed by atoms with van der Waals surface area (Å²) in [6.07, 6.45) is 2.97. The summed E-state index contributed by atoms with van der Waals surface area (Å²) in [7, 11) is 1.63. The van der Waals surface area contributed by atoms with Gasteiger partial charge in [0.2, 0.25) is 11.6 Å². The first-order valence-corrected chi connectivity index (χ1v) is 5.77. The van der Waals surface area contributed by atoms with E-state index in [0.29, 0.717) is 5.56 Å². The van der Waals surface area contributed by atoms with E-state index in [1.54, 1.807) is 20.0 Å². The van der Waals surface area contributed by atoms with E-state index < -0.39 is 11.2 Å². The van der Waals surface area contributed by atoms with Crippen LogP contribution in [-0.4, -0.2) is 21.1 Å². The van der Waals surface area contributed by atoms with Crippen LogP contribution in [0.1, 0.15) is 37.7 Å². The number of aromatic nitrogens is 2. The number of hydrogen-bond acceptors (Lipinski definition) is 4. The molecule has 5 nitrogen and oxygen atoms in total. The highest BCUT2D eigenvalue weighted by atomic mass is 16.1. The number of fused-ring (bicyclic) bond motifs is 2. The maximum absolute atomic E-state index is 12.4. The molecule has 94 valence electrons. The van der Waals surface area contributed by atoms with Crippen molar-refractivity contribution in [3.05, 3.63) is 62.8 Å². The van der Waals surface area contributed by atoms with Crippen LogP contribution in [0.15, 0.2) is 29.3 Å². The highest BCUT2D eigenvalue weighted by Gasteiger charge is 2.35. The van der Waals surface area contributed by atoms with Crippen molar-refractivity contribution in [2.24, 2.45) is 7.05 Å². The second-order valence-corrected chi connectivity index (χ2v) is 4.52. The maximum Gasteiger partial charge on any atom is 0.229 e. The second kappa shape index (κ2) is 3.71. The Morgan fingerprint density at radius 1 is 1.05 bits per heavy atom. The SMILES string of the molecule is Cc1ccnc2c1C(=O)c1c(n(C)ccc1=O)C2=O. The van der Waals surface area contributed by atoms with Gasteiger partial charge in [-0.2, -0.15) is 0 Å². The van der Waals surface area contributed by atoms with Gasteiger partial charge in [-0.1, -0.05) is 0 Å². The first kappa shape index (κ1) is 11.5. The molecular weight excluding hydrogens is 244 g/mol. The van der Waals surface area contributed by atoms with Gasteiger partial charge in [0.1, 0.15) is 11.4 Å². The molecule has 2 aromatic rings. The van der Waals surface area contributed by atoms with Crippen molar-refractivity contribution in [2.45, 2.75) is 6.92 Å². The highest BCUT2D eigenvalue weighted by Crippen LogP contribution is 2.25. The Balaban J connectivity index is 2.47. The number of rotatable bonds is 0. The van der Waals surface area contributed by atoms with Gasteiger partial charge in [-0.25, -0.2) is 0 Å². The Kier molecular flexibility index (Phi) is 2.25. The van der Waals surface area contributed by atoms with Crippen molar-refractivity contribution < 1.29 is 9.59 Å². The molecule has 0 spiro atoms. The smallest absolute Gasteiger partial charge is 0.229 e. The summed E-state index contributed by atoms with van der Waals surface area (Å²) in [5, 5.41) is 0. The topological polar surface area (TPSA) is 69.0 Å². The van der Waals surface area contributed by atoms with Crippen molar-refractivity contribution in [1.82, 2.24) is 9.55 Å². The quantitative estimate of drug-likeness (QED) is 0.596. The van der Waals surface area contributed by atoms with Gasteiger partial charge in [0.05, 0.1) is 11.1 Å². The number of ketones is 2. The molecule has 0 aromatic carbocycles. The molecule has 0 unspecified atom stereocenters. The van der Waals surface area contributed by atoms with Gasteiger partial charge < -0.3 is 4.57 Å². The maximum atomic E-state index is 12.4. The number of carbonyl (C=O) groups is 2. The summed E-state index contributed by atoms with van der Waals surface area (Å²) in [5.41, 5.74) is 0.643. The van der Waals surface area contributed by atoms with Crippen LogP contribution >= 0.6 is 0 Å². The summed E-state index contributed by atoms with van der Waals surface area (Å²) < 4.78 is 1.49. The van der Waals surface area contributed by atoms with Crippen LogP contribution in [0.25, 0.3) is 0 Å². The first-order valence-electron chi connectivity index (χ1n) is 5.77. The average molecular weight is 254 g/mol. The average Bonchev–Trinajstić information content (AvgIpc) is 2.38. The van der Waals surface area contributed by atoms with Gasteiger partial charge in [0, 0.05) is 25.5 Å². The summed E-state index contributed by atoms with van der Waals surface area (Å²) >= 11 is 0. The minimum atomic E-state index is -0.430. The molecule has 19 heavy (non-hydrogen) atoms. The molecule has 0 bridgehead atoms. The largest absolute Gasteiger partial charge is 0.347 e. The fourth-order valence-corrected chi connectivity index (χ4v) is 2.38. The van der Waals surface area contributed by atoms with Gasteiger partial charge in [-0.3, -0.25) is 19.4 Å². The summed E-state index contributed by atoms with van der Waals surface area (Å²) in [6.45, 7) is 1.73. The predicted molar refractivity (Wildman–Crippen MR) is 67.5 cm³/mol. The lowest BCUT2D eigenvalue weighted by atomic mass is 9.87. The van der Waals surface area contributed by atoms with Crippen molar-refractivity contribution in [1.29, 1.82) is 0 Å². The van der Waals surface area contributed by atoms with E-state index in [9.17, 15) is 14.4 Å². The minimum Gasteiger partial charge on any atom is -0.347 e. The number of hydrogen-bond donors (Lipinski definition) is 0. The van der Waals surface area contributed by atoms with Crippen molar-refractivity contribution in [3.8, 4) is 0 Å². The fraction of sp³-hybridized carbons (Fsp3) is 0.143. The molecular formula is C14H10N2O3. The summed E-state index contributed by atoms with van der Waals surface area (Å²) in [6, 6.07) is 2.95. The van der Waals surface area contributed by atoms with E-state index in [-0.39, 0.29) is 28.3 Å². The van der Waals surface area contributed by atoms with Crippen molar-refractivity contribution in [2.75, 3.05) is 0 Å². The van der Waals surface area contributed by atoms with Crippen LogP contribution in [0.3, 0.4) is 0 Å². The van der Waals surface area contributed by atoms with Gasteiger partial charge in [0.15, 0.2) is 5.43 Å². The normalized spacial score (nSPS) is 13.2. The fourth-order valence-electron chi connectivity index (χ4n) is 2.38. The van der Waals surface area contributed by atoms with Crippen LogP contribution in [0.4, 0.5) is 0 Å². The Labute approximate surface area is 108 Å². The van der Waals surface area contributed by atoms with E-state index >= 15 is 0 Å². The molecule has 0 N–H and O–H groups in total. The van der Waals surface area contributed by atoms with Crippen LogP contribution in [0, 0.1) is 6.92 Å². The monoisotopic (exact) mass is 254 g/mol. The molecule has 0 saturated carbocycles. The highest BCUT2D eigenvalue weighted by molar-refractivity contribution is 6.27. The minimum absolute atomic E-state index is 0.0569. The Hall–Kier alpha value is -2.56. The second-order valence-electron chi connectivity index (χ2n) is 4.52. The molecule has 1 aliphatic rings. The zero-order valence-corrected chi connectivity index (χ0v) is 10.4. The lowest BCUT2D eigenvalue weighted by Crippen LogP contribution is -2.32. The van der Waals surface area contributed by atoms with Crippen LogP contribution in [0.5, 0.6) is 0 Å². The van der Waals surface area contributed by atoms with Gasteiger partial charge in [0.25, 0.3) is 0 Å². The van der Waals surface area contributed by atoms with Gasteiger partial charge in [-0.05, 0) is 18.6 Å². The Morgan fingerprint density at radius 3 is 2.53 bits per heavy atom. The van der Waals surface area contributed by atoms with Crippen molar-refractivity contribution in [3.63, 3.8) is 0 Å². The standard InChI is InChI=1S/C14H10N2O3/c1-7-3-5-15-11-9(7)13(18)10-8(17)4-6-16(2)12(10)14(11)19/h3-6H,1-2H3. The molecule has 0 atom stereocenters. The third-order valence-corrected chi connectivity index (χ3v) is 3.33. The van der Waals surface area contributed by atoms with Crippen LogP contribution in [-0.2, 0) is 7.05 Å². The molecule has 0 fully saturated rings. The molecule has 0 amide bonds. The summed E-state index contributed by atoms with van der Waals surface area (Å²) in [5.74, 6) is -0.801.